The first-order chi connectivity index (χ1) is 10.8. The average molecular weight is 306 g/mol. The van der Waals surface area contributed by atoms with Crippen LogP contribution in [0.2, 0.25) is 0 Å². The van der Waals surface area contributed by atoms with E-state index in [1.54, 1.807) is 0 Å². The first-order valence-corrected chi connectivity index (χ1v) is 8.85. The van der Waals surface area contributed by atoms with Gasteiger partial charge in [0.25, 0.3) is 0 Å². The van der Waals surface area contributed by atoms with Gasteiger partial charge in [0.1, 0.15) is 0 Å². The summed E-state index contributed by atoms with van der Waals surface area (Å²) in [6, 6.07) is 0. The standard InChI is InChI=1S/C20H34O2/c1-3-4-5-6-7-8-9-10-11-12-13-14-15-16-17-18-19-22-20(2)21/h4-5,7-8,10-11H,3,6,9,12-19H2,1-2H3. The van der Waals surface area contributed by atoms with Gasteiger partial charge >= 0.3 is 5.97 Å². The molecule has 0 fully saturated rings. The summed E-state index contributed by atoms with van der Waals surface area (Å²) in [5, 5.41) is 0. The van der Waals surface area contributed by atoms with E-state index in [0.29, 0.717) is 6.61 Å². The Bertz CT molecular complexity index is 327. The number of carbonyl (C=O) groups is 1. The van der Waals surface area contributed by atoms with Crippen LogP contribution in [0.5, 0.6) is 0 Å². The maximum Gasteiger partial charge on any atom is 0.302 e. The number of allylic oxidation sites excluding steroid dienone is 6. The number of hydrogen-bond donors (Lipinski definition) is 0. The van der Waals surface area contributed by atoms with Crippen LogP contribution in [0, 0.1) is 0 Å². The van der Waals surface area contributed by atoms with Crippen molar-refractivity contribution >= 4 is 5.97 Å². The molecule has 0 rings (SSSR count). The molecule has 0 aliphatic heterocycles. The van der Waals surface area contributed by atoms with E-state index in [9.17, 15) is 4.79 Å². The molecule has 0 aromatic carbocycles. The van der Waals surface area contributed by atoms with Gasteiger partial charge in [-0.25, -0.2) is 0 Å². The van der Waals surface area contributed by atoms with Crippen LogP contribution >= 0.6 is 0 Å². The minimum absolute atomic E-state index is 0.168. The van der Waals surface area contributed by atoms with Crippen LogP contribution in [0.4, 0.5) is 0 Å². The van der Waals surface area contributed by atoms with Crippen molar-refractivity contribution in [3.63, 3.8) is 0 Å². The highest BCUT2D eigenvalue weighted by Crippen LogP contribution is 2.08. The van der Waals surface area contributed by atoms with Crippen molar-refractivity contribution in [3.05, 3.63) is 36.5 Å². The fourth-order valence-corrected chi connectivity index (χ4v) is 2.11. The molecule has 0 aromatic heterocycles. The Hall–Kier alpha value is -1.31. The molecule has 0 atom stereocenters. The molecule has 0 saturated heterocycles. The predicted molar refractivity (Wildman–Crippen MR) is 95.9 cm³/mol. The van der Waals surface area contributed by atoms with Crippen molar-refractivity contribution in [2.45, 2.75) is 78.1 Å². The summed E-state index contributed by atoms with van der Waals surface area (Å²) in [6.45, 7) is 4.21. The second-order valence-corrected chi connectivity index (χ2v) is 5.54. The maximum absolute atomic E-state index is 10.6. The Morgan fingerprint density at radius 1 is 0.773 bits per heavy atom. The molecule has 22 heavy (non-hydrogen) atoms. The van der Waals surface area contributed by atoms with Gasteiger partial charge in [-0.3, -0.25) is 4.79 Å². The Morgan fingerprint density at radius 2 is 1.32 bits per heavy atom. The summed E-state index contributed by atoms with van der Waals surface area (Å²) in [7, 11) is 0. The van der Waals surface area contributed by atoms with Gasteiger partial charge in [0, 0.05) is 6.92 Å². The van der Waals surface area contributed by atoms with Crippen LogP contribution in [0.15, 0.2) is 36.5 Å². The zero-order valence-electron chi connectivity index (χ0n) is 14.6. The highest BCUT2D eigenvalue weighted by Gasteiger charge is 1.93. The molecule has 0 bridgehead atoms. The van der Waals surface area contributed by atoms with E-state index in [1.807, 2.05) is 0 Å². The Labute approximate surface area is 137 Å². The average Bonchev–Trinajstić information content (AvgIpc) is 2.50. The fraction of sp³-hybridized carbons (Fsp3) is 0.650. The van der Waals surface area contributed by atoms with Gasteiger partial charge in [-0.2, -0.15) is 0 Å². The minimum atomic E-state index is -0.168. The van der Waals surface area contributed by atoms with E-state index in [2.05, 4.69) is 43.4 Å². The van der Waals surface area contributed by atoms with Crippen molar-refractivity contribution in [3.8, 4) is 0 Å². The number of hydrogen-bond acceptors (Lipinski definition) is 2. The zero-order chi connectivity index (χ0) is 16.3. The van der Waals surface area contributed by atoms with Crippen molar-refractivity contribution in [2.24, 2.45) is 0 Å². The van der Waals surface area contributed by atoms with E-state index in [1.165, 1.54) is 45.4 Å². The molecule has 0 spiro atoms. The molecule has 0 amide bonds. The molecule has 0 saturated carbocycles. The van der Waals surface area contributed by atoms with Crippen LogP contribution in [-0.2, 0) is 9.53 Å². The molecular formula is C20H34O2. The van der Waals surface area contributed by atoms with E-state index < -0.39 is 0 Å². The first-order valence-electron chi connectivity index (χ1n) is 8.85. The summed E-state index contributed by atoms with van der Waals surface area (Å²) in [5.74, 6) is -0.168. The summed E-state index contributed by atoms with van der Waals surface area (Å²) in [4.78, 5) is 10.6. The lowest BCUT2D eigenvalue weighted by atomic mass is 10.1. The predicted octanol–water partition coefficient (Wildman–Crippen LogP) is 6.14. The molecule has 0 aliphatic rings. The number of unbranched alkanes of at least 4 members (excludes halogenated alkanes) is 6. The molecular weight excluding hydrogens is 272 g/mol. The monoisotopic (exact) mass is 306 g/mol. The van der Waals surface area contributed by atoms with Crippen molar-refractivity contribution in [1.82, 2.24) is 0 Å². The van der Waals surface area contributed by atoms with Gasteiger partial charge in [0.2, 0.25) is 0 Å². The molecule has 0 radical (unpaired) electrons. The molecule has 0 heterocycles. The SMILES string of the molecule is CCC=CCC=CCC=CCCCCCCCCOC(C)=O. The second kappa shape index (κ2) is 17.7. The van der Waals surface area contributed by atoms with E-state index >= 15 is 0 Å². The number of carbonyl (C=O) groups excluding carboxylic acids is 1. The van der Waals surface area contributed by atoms with Gasteiger partial charge in [-0.1, -0.05) is 69.1 Å². The van der Waals surface area contributed by atoms with Crippen LogP contribution in [-0.4, -0.2) is 12.6 Å². The summed E-state index contributed by atoms with van der Waals surface area (Å²) < 4.78 is 4.90. The molecule has 0 unspecified atom stereocenters. The van der Waals surface area contributed by atoms with Gasteiger partial charge in [-0.05, 0) is 38.5 Å². The van der Waals surface area contributed by atoms with Gasteiger partial charge in [0.15, 0.2) is 0 Å². The normalized spacial score (nSPS) is 11.9. The van der Waals surface area contributed by atoms with Crippen LogP contribution in [0.25, 0.3) is 0 Å². The lowest BCUT2D eigenvalue weighted by Crippen LogP contribution is -1.99. The van der Waals surface area contributed by atoms with Crippen LogP contribution in [0.3, 0.4) is 0 Å². The highest BCUT2D eigenvalue weighted by atomic mass is 16.5. The Kier molecular flexibility index (Phi) is 16.7. The third kappa shape index (κ3) is 18.7. The van der Waals surface area contributed by atoms with Crippen molar-refractivity contribution < 1.29 is 9.53 Å². The third-order valence-corrected chi connectivity index (χ3v) is 3.35. The number of esters is 1. The summed E-state index contributed by atoms with van der Waals surface area (Å²) in [6.07, 6.45) is 25.2. The minimum Gasteiger partial charge on any atom is -0.466 e. The number of ether oxygens (including phenoxy) is 1. The lowest BCUT2D eigenvalue weighted by Gasteiger charge is -2.01. The van der Waals surface area contributed by atoms with E-state index in [4.69, 9.17) is 4.74 Å². The molecule has 2 heteroatoms. The molecule has 0 aromatic rings. The highest BCUT2D eigenvalue weighted by molar-refractivity contribution is 5.65. The fourth-order valence-electron chi connectivity index (χ4n) is 2.11. The van der Waals surface area contributed by atoms with Gasteiger partial charge < -0.3 is 4.74 Å². The molecule has 0 N–H and O–H groups in total. The van der Waals surface area contributed by atoms with Crippen molar-refractivity contribution in [1.29, 1.82) is 0 Å². The second-order valence-electron chi connectivity index (χ2n) is 5.54. The Balaban J connectivity index is 3.20. The topological polar surface area (TPSA) is 26.3 Å². The smallest absolute Gasteiger partial charge is 0.302 e. The van der Waals surface area contributed by atoms with Crippen LogP contribution < -0.4 is 0 Å². The third-order valence-electron chi connectivity index (χ3n) is 3.35. The molecule has 126 valence electrons. The van der Waals surface area contributed by atoms with Gasteiger partial charge in [-0.15, -0.1) is 0 Å². The van der Waals surface area contributed by atoms with Crippen LogP contribution in [0.1, 0.15) is 78.1 Å². The lowest BCUT2D eigenvalue weighted by molar-refractivity contribution is -0.141. The molecule has 2 nitrogen and oxygen atoms in total. The van der Waals surface area contributed by atoms with E-state index in [-0.39, 0.29) is 5.97 Å². The molecule has 0 aliphatic carbocycles. The maximum atomic E-state index is 10.6. The van der Waals surface area contributed by atoms with Gasteiger partial charge in [0.05, 0.1) is 6.61 Å². The quantitative estimate of drug-likeness (QED) is 0.219. The largest absolute Gasteiger partial charge is 0.466 e. The first kappa shape index (κ1) is 20.7. The summed E-state index contributed by atoms with van der Waals surface area (Å²) >= 11 is 0. The Morgan fingerprint density at radius 3 is 1.95 bits per heavy atom. The number of rotatable bonds is 14. The summed E-state index contributed by atoms with van der Waals surface area (Å²) in [5.41, 5.74) is 0. The van der Waals surface area contributed by atoms with E-state index in [0.717, 1.165) is 25.7 Å². The van der Waals surface area contributed by atoms with Crippen molar-refractivity contribution in [2.75, 3.05) is 6.61 Å². The zero-order valence-corrected chi connectivity index (χ0v) is 14.6.